The molecule has 4 heteroatoms. The van der Waals surface area contributed by atoms with Gasteiger partial charge in [-0.2, -0.15) is 0 Å². The molecule has 1 unspecified atom stereocenters. The minimum absolute atomic E-state index is 0.254. The van der Waals surface area contributed by atoms with Crippen LogP contribution in [0.4, 0.5) is 0 Å². The number of aryl methyl sites for hydroxylation is 2. The first-order valence-corrected chi connectivity index (χ1v) is 8.68. The van der Waals surface area contributed by atoms with E-state index in [1.165, 1.54) is 29.8 Å². The molecule has 2 rings (SSSR count). The van der Waals surface area contributed by atoms with E-state index in [1.54, 1.807) is 11.3 Å². The van der Waals surface area contributed by atoms with Crippen molar-refractivity contribution in [3.63, 3.8) is 0 Å². The van der Waals surface area contributed by atoms with Crippen LogP contribution in [0.2, 0.25) is 0 Å². The Morgan fingerprint density at radius 2 is 1.95 bits per heavy atom. The summed E-state index contributed by atoms with van der Waals surface area (Å²) in [6.45, 7) is 7.39. The molecule has 1 heterocycles. The van der Waals surface area contributed by atoms with Gasteiger partial charge in [-0.3, -0.25) is 0 Å². The Bertz CT molecular complexity index is 578. The molecule has 0 bridgehead atoms. The van der Waals surface area contributed by atoms with Crippen LogP contribution in [0.5, 0.6) is 0 Å². The van der Waals surface area contributed by atoms with E-state index in [0.29, 0.717) is 0 Å². The molecule has 1 atom stereocenters. The van der Waals surface area contributed by atoms with E-state index in [9.17, 15) is 0 Å². The highest BCUT2D eigenvalue weighted by molar-refractivity contribution is 9.11. The van der Waals surface area contributed by atoms with Crippen LogP contribution >= 0.6 is 43.2 Å². The van der Waals surface area contributed by atoms with Gasteiger partial charge >= 0.3 is 0 Å². The minimum atomic E-state index is 0.254. The molecule has 102 valence electrons. The van der Waals surface area contributed by atoms with Gasteiger partial charge in [0.1, 0.15) is 0 Å². The summed E-state index contributed by atoms with van der Waals surface area (Å²) in [6, 6.07) is 9.07. The largest absolute Gasteiger partial charge is 0.306 e. The summed E-state index contributed by atoms with van der Waals surface area (Å²) in [4.78, 5) is 1.36. The second-order valence-corrected chi connectivity index (χ2v) is 8.05. The van der Waals surface area contributed by atoms with Crippen molar-refractivity contribution in [2.75, 3.05) is 6.54 Å². The third-order valence-corrected chi connectivity index (χ3v) is 5.60. The molecule has 1 N–H and O–H groups in total. The number of rotatable bonds is 4. The smallest absolute Gasteiger partial charge is 0.0704 e. The molecule has 0 saturated carbocycles. The van der Waals surface area contributed by atoms with Gasteiger partial charge in [-0.25, -0.2) is 0 Å². The van der Waals surface area contributed by atoms with E-state index in [2.05, 4.69) is 82.2 Å². The van der Waals surface area contributed by atoms with Gasteiger partial charge in [-0.1, -0.05) is 35.0 Å². The monoisotopic (exact) mass is 401 g/mol. The summed E-state index contributed by atoms with van der Waals surface area (Å²) in [5.41, 5.74) is 3.92. The highest BCUT2D eigenvalue weighted by Gasteiger charge is 2.18. The summed E-state index contributed by atoms with van der Waals surface area (Å²) < 4.78 is 2.36. The lowest BCUT2D eigenvalue weighted by Gasteiger charge is -2.19. The topological polar surface area (TPSA) is 12.0 Å². The van der Waals surface area contributed by atoms with Crippen molar-refractivity contribution in [3.8, 4) is 0 Å². The lowest BCUT2D eigenvalue weighted by molar-refractivity contribution is 0.629. The van der Waals surface area contributed by atoms with Crippen molar-refractivity contribution in [1.29, 1.82) is 0 Å². The standard InChI is InChI=1S/C15H17Br2NS/c1-4-18-15(12-8-14(17)19-10(12)3)11-6-5-9(2)13(16)7-11/h5-8,15,18H,4H2,1-3H3. The number of hydrogen-bond donors (Lipinski definition) is 1. The fraction of sp³-hybridized carbons (Fsp3) is 0.333. The summed E-state index contributed by atoms with van der Waals surface area (Å²) in [7, 11) is 0. The first kappa shape index (κ1) is 15.2. The van der Waals surface area contributed by atoms with Crippen LogP contribution in [0.25, 0.3) is 0 Å². The summed E-state index contributed by atoms with van der Waals surface area (Å²) in [6.07, 6.45) is 0. The van der Waals surface area contributed by atoms with E-state index in [1.807, 2.05) is 0 Å². The molecule has 0 aliphatic carbocycles. The average Bonchev–Trinajstić information content (AvgIpc) is 2.69. The lowest BCUT2D eigenvalue weighted by Crippen LogP contribution is -2.22. The van der Waals surface area contributed by atoms with E-state index in [0.717, 1.165) is 6.54 Å². The van der Waals surface area contributed by atoms with Gasteiger partial charge in [-0.15, -0.1) is 11.3 Å². The molecular weight excluding hydrogens is 386 g/mol. The molecule has 0 radical (unpaired) electrons. The van der Waals surface area contributed by atoms with Crippen LogP contribution in [0.15, 0.2) is 32.5 Å². The maximum Gasteiger partial charge on any atom is 0.0704 e. The number of nitrogens with one attached hydrogen (secondary N) is 1. The molecule has 19 heavy (non-hydrogen) atoms. The Morgan fingerprint density at radius 1 is 1.21 bits per heavy atom. The molecule has 1 aromatic carbocycles. The molecule has 2 aromatic rings. The van der Waals surface area contributed by atoms with Crippen LogP contribution in [0, 0.1) is 13.8 Å². The number of thiophene rings is 1. The predicted octanol–water partition coefficient (Wildman–Crippen LogP) is 5.59. The molecule has 0 saturated heterocycles. The molecule has 0 aliphatic heterocycles. The summed E-state index contributed by atoms with van der Waals surface area (Å²) in [5.74, 6) is 0. The number of hydrogen-bond acceptors (Lipinski definition) is 2. The molecule has 0 amide bonds. The highest BCUT2D eigenvalue weighted by atomic mass is 79.9. The van der Waals surface area contributed by atoms with E-state index < -0.39 is 0 Å². The van der Waals surface area contributed by atoms with Crippen LogP contribution in [0.1, 0.15) is 34.5 Å². The Morgan fingerprint density at radius 3 is 2.47 bits per heavy atom. The van der Waals surface area contributed by atoms with Gasteiger partial charge in [0.25, 0.3) is 0 Å². The predicted molar refractivity (Wildman–Crippen MR) is 91.2 cm³/mol. The average molecular weight is 403 g/mol. The van der Waals surface area contributed by atoms with Gasteiger partial charge in [0.05, 0.1) is 9.83 Å². The Kier molecular flexibility index (Phi) is 5.23. The summed E-state index contributed by atoms with van der Waals surface area (Å²) >= 11 is 9.00. The Hall–Kier alpha value is -0.160. The number of benzene rings is 1. The van der Waals surface area contributed by atoms with E-state index >= 15 is 0 Å². The van der Waals surface area contributed by atoms with Crippen LogP contribution < -0.4 is 5.32 Å². The summed E-state index contributed by atoms with van der Waals surface area (Å²) in [5, 5.41) is 3.58. The zero-order chi connectivity index (χ0) is 14.0. The molecular formula is C15H17Br2NS. The number of halogens is 2. The third-order valence-electron chi connectivity index (χ3n) is 3.17. The highest BCUT2D eigenvalue weighted by Crippen LogP contribution is 2.34. The fourth-order valence-corrected chi connectivity index (χ4v) is 4.29. The zero-order valence-corrected chi connectivity index (χ0v) is 15.2. The normalized spacial score (nSPS) is 12.7. The van der Waals surface area contributed by atoms with Gasteiger partial charge in [0, 0.05) is 9.35 Å². The zero-order valence-electron chi connectivity index (χ0n) is 11.3. The molecule has 0 aliphatic rings. The van der Waals surface area contributed by atoms with E-state index in [-0.39, 0.29) is 6.04 Å². The molecule has 1 aromatic heterocycles. The minimum Gasteiger partial charge on any atom is -0.306 e. The first-order chi connectivity index (χ1) is 9.02. The third kappa shape index (κ3) is 3.48. The SMILES string of the molecule is CCNC(c1ccc(C)c(Br)c1)c1cc(Br)sc1C. The maximum atomic E-state index is 3.63. The Labute approximate surface area is 135 Å². The van der Waals surface area contributed by atoms with Gasteiger partial charge in [0.2, 0.25) is 0 Å². The van der Waals surface area contributed by atoms with Crippen LogP contribution in [-0.2, 0) is 0 Å². The Balaban J connectivity index is 2.44. The van der Waals surface area contributed by atoms with Crippen LogP contribution in [-0.4, -0.2) is 6.54 Å². The lowest BCUT2D eigenvalue weighted by atomic mass is 9.98. The second kappa shape index (κ2) is 6.53. The van der Waals surface area contributed by atoms with Crippen molar-refractivity contribution in [2.24, 2.45) is 0 Å². The van der Waals surface area contributed by atoms with Gasteiger partial charge in [-0.05, 0) is 65.1 Å². The maximum absolute atomic E-state index is 3.63. The van der Waals surface area contributed by atoms with Crippen molar-refractivity contribution in [3.05, 3.63) is 54.1 Å². The molecule has 1 nitrogen and oxygen atoms in total. The van der Waals surface area contributed by atoms with E-state index in [4.69, 9.17) is 0 Å². The van der Waals surface area contributed by atoms with Crippen molar-refractivity contribution in [2.45, 2.75) is 26.8 Å². The van der Waals surface area contributed by atoms with Gasteiger partial charge < -0.3 is 5.32 Å². The fourth-order valence-electron chi connectivity index (χ4n) is 2.15. The quantitative estimate of drug-likeness (QED) is 0.702. The molecule has 0 spiro atoms. The van der Waals surface area contributed by atoms with Crippen molar-refractivity contribution in [1.82, 2.24) is 5.32 Å². The second-order valence-electron chi connectivity index (χ2n) is 4.56. The van der Waals surface area contributed by atoms with Crippen molar-refractivity contribution >= 4 is 43.2 Å². The molecule has 0 fully saturated rings. The van der Waals surface area contributed by atoms with Crippen molar-refractivity contribution < 1.29 is 0 Å². The van der Waals surface area contributed by atoms with Crippen LogP contribution in [0.3, 0.4) is 0 Å². The van der Waals surface area contributed by atoms with Gasteiger partial charge in [0.15, 0.2) is 0 Å². The first-order valence-electron chi connectivity index (χ1n) is 6.28.